The SMILES string of the molecule is O=C(CN1CCC[C@@H]1C(=O)Nc1ccc(Cl)cc1Cl)NC1CCCC1. The van der Waals surface area contributed by atoms with Crippen LogP contribution in [-0.2, 0) is 9.59 Å². The molecule has 1 saturated heterocycles. The zero-order chi connectivity index (χ0) is 17.8. The van der Waals surface area contributed by atoms with Crippen molar-refractivity contribution in [3.63, 3.8) is 0 Å². The van der Waals surface area contributed by atoms with E-state index in [1.165, 1.54) is 12.8 Å². The topological polar surface area (TPSA) is 61.4 Å². The summed E-state index contributed by atoms with van der Waals surface area (Å²) < 4.78 is 0. The number of likely N-dealkylation sites (tertiary alicyclic amines) is 1. The quantitative estimate of drug-likeness (QED) is 0.818. The Morgan fingerprint density at radius 3 is 2.60 bits per heavy atom. The van der Waals surface area contributed by atoms with E-state index in [4.69, 9.17) is 23.2 Å². The van der Waals surface area contributed by atoms with Gasteiger partial charge in [-0.05, 0) is 50.4 Å². The van der Waals surface area contributed by atoms with Crippen molar-refractivity contribution in [2.24, 2.45) is 0 Å². The molecular formula is C18H23Cl2N3O2. The van der Waals surface area contributed by atoms with Gasteiger partial charge in [0.2, 0.25) is 11.8 Å². The molecule has 0 aromatic heterocycles. The average Bonchev–Trinajstić information content (AvgIpc) is 3.21. The smallest absolute Gasteiger partial charge is 0.241 e. The number of benzene rings is 1. The molecule has 0 radical (unpaired) electrons. The Kier molecular flexibility index (Phi) is 6.20. The van der Waals surface area contributed by atoms with Crippen molar-refractivity contribution in [3.8, 4) is 0 Å². The van der Waals surface area contributed by atoms with Gasteiger partial charge in [-0.3, -0.25) is 14.5 Å². The van der Waals surface area contributed by atoms with Crippen LogP contribution in [0.5, 0.6) is 0 Å². The molecule has 1 aromatic carbocycles. The maximum atomic E-state index is 12.6. The van der Waals surface area contributed by atoms with E-state index < -0.39 is 0 Å². The lowest BCUT2D eigenvalue weighted by Crippen LogP contribution is -2.46. The first-order valence-electron chi connectivity index (χ1n) is 8.82. The first-order chi connectivity index (χ1) is 12.0. The van der Waals surface area contributed by atoms with E-state index in [0.717, 1.165) is 32.2 Å². The fraction of sp³-hybridized carbons (Fsp3) is 0.556. The van der Waals surface area contributed by atoms with Crippen LogP contribution in [0.2, 0.25) is 10.0 Å². The van der Waals surface area contributed by atoms with Gasteiger partial charge in [-0.1, -0.05) is 36.0 Å². The molecule has 1 atom stereocenters. The summed E-state index contributed by atoms with van der Waals surface area (Å²) in [5.41, 5.74) is 0.540. The van der Waals surface area contributed by atoms with Crippen molar-refractivity contribution in [1.82, 2.24) is 10.2 Å². The molecule has 7 heteroatoms. The van der Waals surface area contributed by atoms with Crippen molar-refractivity contribution in [3.05, 3.63) is 28.2 Å². The first-order valence-corrected chi connectivity index (χ1v) is 9.58. The van der Waals surface area contributed by atoms with Gasteiger partial charge in [0.1, 0.15) is 0 Å². The molecule has 1 aromatic rings. The lowest BCUT2D eigenvalue weighted by molar-refractivity contribution is -0.125. The minimum atomic E-state index is -0.305. The van der Waals surface area contributed by atoms with Crippen molar-refractivity contribution < 1.29 is 9.59 Å². The predicted octanol–water partition coefficient (Wildman–Crippen LogP) is 3.46. The van der Waals surface area contributed by atoms with Gasteiger partial charge < -0.3 is 10.6 Å². The third kappa shape index (κ3) is 4.87. The van der Waals surface area contributed by atoms with Gasteiger partial charge in [-0.15, -0.1) is 0 Å². The Hall–Kier alpha value is -1.30. The summed E-state index contributed by atoms with van der Waals surface area (Å²) in [7, 11) is 0. The van der Waals surface area contributed by atoms with E-state index in [-0.39, 0.29) is 24.4 Å². The molecule has 2 amide bonds. The van der Waals surface area contributed by atoms with Crippen LogP contribution < -0.4 is 10.6 Å². The molecule has 1 heterocycles. The number of carbonyl (C=O) groups is 2. The number of halogens is 2. The number of nitrogens with one attached hydrogen (secondary N) is 2. The van der Waals surface area contributed by atoms with Gasteiger partial charge in [0, 0.05) is 11.1 Å². The van der Waals surface area contributed by atoms with Crippen LogP contribution in [0.3, 0.4) is 0 Å². The van der Waals surface area contributed by atoms with Crippen molar-refractivity contribution in [2.75, 3.05) is 18.4 Å². The molecule has 1 saturated carbocycles. The van der Waals surface area contributed by atoms with Gasteiger partial charge in [-0.2, -0.15) is 0 Å². The number of anilines is 1. The highest BCUT2D eigenvalue weighted by atomic mass is 35.5. The second-order valence-electron chi connectivity index (χ2n) is 6.79. The van der Waals surface area contributed by atoms with Crippen LogP contribution in [0.25, 0.3) is 0 Å². The number of nitrogens with zero attached hydrogens (tertiary/aromatic N) is 1. The van der Waals surface area contributed by atoms with Crippen LogP contribution in [0.15, 0.2) is 18.2 Å². The van der Waals surface area contributed by atoms with Crippen LogP contribution in [-0.4, -0.2) is 41.9 Å². The van der Waals surface area contributed by atoms with E-state index in [2.05, 4.69) is 10.6 Å². The van der Waals surface area contributed by atoms with E-state index in [9.17, 15) is 9.59 Å². The highest BCUT2D eigenvalue weighted by molar-refractivity contribution is 6.36. The largest absolute Gasteiger partial charge is 0.352 e. The summed E-state index contributed by atoms with van der Waals surface area (Å²) in [4.78, 5) is 26.8. The van der Waals surface area contributed by atoms with E-state index >= 15 is 0 Å². The minimum absolute atomic E-state index is 0.0103. The molecule has 0 bridgehead atoms. The predicted molar refractivity (Wildman–Crippen MR) is 100 cm³/mol. The third-order valence-corrected chi connectivity index (χ3v) is 5.47. The molecule has 136 valence electrons. The Morgan fingerprint density at radius 1 is 1.12 bits per heavy atom. The first kappa shape index (κ1) is 18.5. The van der Waals surface area contributed by atoms with E-state index in [1.54, 1.807) is 18.2 Å². The summed E-state index contributed by atoms with van der Waals surface area (Å²) in [5.74, 6) is -0.119. The molecular weight excluding hydrogens is 361 g/mol. The zero-order valence-corrected chi connectivity index (χ0v) is 15.6. The minimum Gasteiger partial charge on any atom is -0.352 e. The fourth-order valence-electron chi connectivity index (χ4n) is 3.65. The highest BCUT2D eigenvalue weighted by Crippen LogP contribution is 2.27. The summed E-state index contributed by atoms with van der Waals surface area (Å²) in [6.45, 7) is 1.02. The summed E-state index contributed by atoms with van der Waals surface area (Å²) >= 11 is 12.0. The molecule has 5 nitrogen and oxygen atoms in total. The molecule has 1 aliphatic heterocycles. The Labute approximate surface area is 158 Å². The van der Waals surface area contributed by atoms with Crippen LogP contribution >= 0.6 is 23.2 Å². The standard InChI is InChI=1S/C18H23Cl2N3O2/c19-12-7-8-15(14(20)10-12)22-18(25)16-6-3-9-23(16)11-17(24)21-13-4-1-2-5-13/h7-8,10,13,16H,1-6,9,11H2,(H,21,24)(H,22,25)/t16-/m1/s1. The summed E-state index contributed by atoms with van der Waals surface area (Å²) in [6, 6.07) is 4.97. The van der Waals surface area contributed by atoms with Crippen molar-refractivity contribution in [2.45, 2.75) is 50.6 Å². The van der Waals surface area contributed by atoms with Crippen LogP contribution in [0, 0.1) is 0 Å². The van der Waals surface area contributed by atoms with Gasteiger partial charge >= 0.3 is 0 Å². The summed E-state index contributed by atoms with van der Waals surface area (Å²) in [6.07, 6.45) is 6.13. The number of rotatable bonds is 5. The van der Waals surface area contributed by atoms with Crippen molar-refractivity contribution in [1.29, 1.82) is 0 Å². The summed E-state index contributed by atoms with van der Waals surface area (Å²) in [5, 5.41) is 6.86. The lowest BCUT2D eigenvalue weighted by atomic mass is 10.2. The molecule has 1 aliphatic carbocycles. The van der Waals surface area contributed by atoms with Gasteiger partial charge in [0.25, 0.3) is 0 Å². The van der Waals surface area contributed by atoms with Gasteiger partial charge in [0.15, 0.2) is 0 Å². The zero-order valence-electron chi connectivity index (χ0n) is 14.1. The molecule has 2 N–H and O–H groups in total. The average molecular weight is 384 g/mol. The second kappa shape index (κ2) is 8.39. The normalized spacial score (nSPS) is 21.4. The highest BCUT2D eigenvalue weighted by Gasteiger charge is 2.32. The molecule has 2 aliphatic rings. The number of hydrogen-bond acceptors (Lipinski definition) is 3. The molecule has 2 fully saturated rings. The Balaban J connectivity index is 1.56. The van der Waals surface area contributed by atoms with E-state index in [1.807, 2.05) is 4.90 Å². The second-order valence-corrected chi connectivity index (χ2v) is 7.63. The van der Waals surface area contributed by atoms with Crippen LogP contribution in [0.1, 0.15) is 38.5 Å². The number of hydrogen-bond donors (Lipinski definition) is 2. The lowest BCUT2D eigenvalue weighted by Gasteiger charge is -2.24. The third-order valence-electron chi connectivity index (χ3n) is 4.92. The van der Waals surface area contributed by atoms with E-state index in [0.29, 0.717) is 21.8 Å². The Morgan fingerprint density at radius 2 is 1.88 bits per heavy atom. The number of carbonyl (C=O) groups excluding carboxylic acids is 2. The molecule has 25 heavy (non-hydrogen) atoms. The van der Waals surface area contributed by atoms with Crippen molar-refractivity contribution >= 4 is 40.7 Å². The fourth-order valence-corrected chi connectivity index (χ4v) is 4.10. The van der Waals surface area contributed by atoms with Gasteiger partial charge in [0.05, 0.1) is 23.3 Å². The number of amides is 2. The molecule has 0 unspecified atom stereocenters. The molecule has 3 rings (SSSR count). The molecule has 0 spiro atoms. The maximum absolute atomic E-state index is 12.6. The Bertz CT molecular complexity index is 647. The monoisotopic (exact) mass is 383 g/mol. The maximum Gasteiger partial charge on any atom is 0.241 e. The van der Waals surface area contributed by atoms with Crippen LogP contribution in [0.4, 0.5) is 5.69 Å². The van der Waals surface area contributed by atoms with Gasteiger partial charge in [-0.25, -0.2) is 0 Å².